The van der Waals surface area contributed by atoms with E-state index >= 15 is 0 Å². The third-order valence-corrected chi connectivity index (χ3v) is 2.66. The Morgan fingerprint density at radius 3 is 2.47 bits per heavy atom. The Morgan fingerprint density at radius 1 is 1.47 bits per heavy atom. The first-order valence-electron chi connectivity index (χ1n) is 5.40. The Labute approximate surface area is 89.9 Å². The molecule has 1 amide bonds. The molecule has 1 heterocycles. The molecule has 15 heavy (non-hydrogen) atoms. The fourth-order valence-electron chi connectivity index (χ4n) is 1.71. The molecular weight excluding hydrogens is 196 g/mol. The van der Waals surface area contributed by atoms with Gasteiger partial charge in [0, 0.05) is 25.6 Å². The van der Waals surface area contributed by atoms with Gasteiger partial charge in [-0.1, -0.05) is 0 Å². The number of hydrogen-bond donors (Lipinski definition) is 3. The first kappa shape index (κ1) is 12.4. The van der Waals surface area contributed by atoms with Gasteiger partial charge in [-0.3, -0.25) is 4.79 Å². The van der Waals surface area contributed by atoms with Crippen molar-refractivity contribution in [3.8, 4) is 0 Å². The van der Waals surface area contributed by atoms with Gasteiger partial charge in [0.25, 0.3) is 0 Å². The number of nitrogens with zero attached hydrogens (tertiary/aromatic N) is 1. The average Bonchev–Trinajstić information content (AvgIpc) is 2.46. The number of amides is 1. The van der Waals surface area contributed by atoms with Crippen LogP contribution in [0, 0.1) is 0 Å². The van der Waals surface area contributed by atoms with Gasteiger partial charge < -0.3 is 20.8 Å². The Kier molecular flexibility index (Phi) is 4.50. The van der Waals surface area contributed by atoms with Gasteiger partial charge in [0.05, 0.1) is 12.2 Å². The minimum Gasteiger partial charge on any atom is -0.388 e. The van der Waals surface area contributed by atoms with Gasteiger partial charge in [-0.25, -0.2) is 0 Å². The van der Waals surface area contributed by atoms with Crippen LogP contribution in [0.2, 0.25) is 0 Å². The minimum atomic E-state index is -0.789. The standard InChI is InChI=1S/C10H20N2O3/c1-7(11)3-2-4-10(15)12-5-8(13)9(14)6-12/h7-9,13-14H,2-6,11H2,1H3/t7?,8-,9+. The minimum absolute atomic E-state index is 0.00810. The Bertz CT molecular complexity index is 211. The number of carbonyl (C=O) groups excluding carboxylic acids is 1. The summed E-state index contributed by atoms with van der Waals surface area (Å²) in [5.41, 5.74) is 5.57. The van der Waals surface area contributed by atoms with Gasteiger partial charge in [-0.2, -0.15) is 0 Å². The molecule has 1 aliphatic heterocycles. The van der Waals surface area contributed by atoms with Gasteiger partial charge >= 0.3 is 0 Å². The highest BCUT2D eigenvalue weighted by Gasteiger charge is 2.31. The molecule has 0 bridgehead atoms. The van der Waals surface area contributed by atoms with Crippen LogP contribution in [-0.4, -0.2) is 52.4 Å². The lowest BCUT2D eigenvalue weighted by Gasteiger charge is -2.15. The van der Waals surface area contributed by atoms with E-state index in [-0.39, 0.29) is 25.0 Å². The molecule has 0 aliphatic carbocycles. The Hall–Kier alpha value is -0.650. The maximum absolute atomic E-state index is 11.6. The van der Waals surface area contributed by atoms with Crippen molar-refractivity contribution in [3.63, 3.8) is 0 Å². The lowest BCUT2D eigenvalue weighted by molar-refractivity contribution is -0.130. The third-order valence-electron chi connectivity index (χ3n) is 2.66. The van der Waals surface area contributed by atoms with Gasteiger partial charge in [0.15, 0.2) is 0 Å². The van der Waals surface area contributed by atoms with Crippen LogP contribution in [0.25, 0.3) is 0 Å². The molecule has 3 atom stereocenters. The molecule has 0 aromatic heterocycles. The van der Waals surface area contributed by atoms with Gasteiger partial charge in [0.1, 0.15) is 0 Å². The van der Waals surface area contributed by atoms with Crippen molar-refractivity contribution < 1.29 is 15.0 Å². The first-order valence-corrected chi connectivity index (χ1v) is 5.40. The highest BCUT2D eigenvalue weighted by atomic mass is 16.3. The molecule has 88 valence electrons. The van der Waals surface area contributed by atoms with Crippen molar-refractivity contribution in [2.75, 3.05) is 13.1 Å². The summed E-state index contributed by atoms with van der Waals surface area (Å²) in [7, 11) is 0. The second-order valence-corrected chi connectivity index (χ2v) is 4.30. The quantitative estimate of drug-likeness (QED) is 0.566. The topological polar surface area (TPSA) is 86.8 Å². The zero-order valence-corrected chi connectivity index (χ0v) is 9.09. The van der Waals surface area contributed by atoms with Crippen LogP contribution in [0.15, 0.2) is 0 Å². The average molecular weight is 216 g/mol. The van der Waals surface area contributed by atoms with Crippen LogP contribution in [0.1, 0.15) is 26.2 Å². The number of aliphatic hydroxyl groups excluding tert-OH is 2. The van der Waals surface area contributed by atoms with E-state index in [0.29, 0.717) is 6.42 Å². The van der Waals surface area contributed by atoms with E-state index in [2.05, 4.69) is 0 Å². The van der Waals surface area contributed by atoms with Crippen molar-refractivity contribution in [1.29, 1.82) is 0 Å². The second-order valence-electron chi connectivity index (χ2n) is 4.30. The van der Waals surface area contributed by atoms with Crippen molar-refractivity contribution in [2.24, 2.45) is 5.73 Å². The molecular formula is C10H20N2O3. The monoisotopic (exact) mass is 216 g/mol. The van der Waals surface area contributed by atoms with E-state index < -0.39 is 12.2 Å². The second kappa shape index (κ2) is 5.44. The van der Waals surface area contributed by atoms with Crippen molar-refractivity contribution in [3.05, 3.63) is 0 Å². The Balaban J connectivity index is 2.23. The molecule has 1 fully saturated rings. The predicted molar refractivity (Wildman–Crippen MR) is 56.1 cm³/mol. The molecule has 5 nitrogen and oxygen atoms in total. The van der Waals surface area contributed by atoms with E-state index in [1.807, 2.05) is 6.92 Å². The number of rotatable bonds is 4. The normalized spacial score (nSPS) is 28.1. The van der Waals surface area contributed by atoms with Crippen LogP contribution >= 0.6 is 0 Å². The molecule has 1 unspecified atom stereocenters. The third kappa shape index (κ3) is 3.77. The number of likely N-dealkylation sites (tertiary alicyclic amines) is 1. The zero-order chi connectivity index (χ0) is 11.4. The molecule has 1 rings (SSSR count). The SMILES string of the molecule is CC(N)CCCC(=O)N1C[C@@H](O)[C@@H](O)C1. The molecule has 0 radical (unpaired) electrons. The zero-order valence-electron chi connectivity index (χ0n) is 9.09. The summed E-state index contributed by atoms with van der Waals surface area (Å²) in [6.07, 6.45) is 0.454. The van der Waals surface area contributed by atoms with E-state index in [0.717, 1.165) is 12.8 Å². The lowest BCUT2D eigenvalue weighted by Crippen LogP contribution is -2.29. The number of aliphatic hydroxyl groups is 2. The maximum atomic E-state index is 11.6. The van der Waals surface area contributed by atoms with Gasteiger partial charge in [0.2, 0.25) is 5.91 Å². The highest BCUT2D eigenvalue weighted by molar-refractivity contribution is 5.76. The van der Waals surface area contributed by atoms with E-state index in [4.69, 9.17) is 5.73 Å². The summed E-state index contributed by atoms with van der Waals surface area (Å²) in [6, 6.07) is 0.118. The largest absolute Gasteiger partial charge is 0.388 e. The molecule has 0 aromatic rings. The summed E-state index contributed by atoms with van der Waals surface area (Å²) in [5, 5.41) is 18.5. The van der Waals surface area contributed by atoms with Crippen LogP contribution < -0.4 is 5.73 Å². The van der Waals surface area contributed by atoms with Gasteiger partial charge in [-0.15, -0.1) is 0 Å². The Morgan fingerprint density at radius 2 is 2.00 bits per heavy atom. The van der Waals surface area contributed by atoms with Crippen LogP contribution in [0.4, 0.5) is 0 Å². The number of β-amino-alcohol motifs (C(OH)–C–C–N with tert-alkyl or cyclic N) is 2. The molecule has 1 saturated heterocycles. The molecule has 0 saturated carbocycles. The van der Waals surface area contributed by atoms with Crippen LogP contribution in [0.5, 0.6) is 0 Å². The first-order chi connectivity index (χ1) is 7.00. The molecule has 5 heteroatoms. The van der Waals surface area contributed by atoms with Crippen molar-refractivity contribution in [1.82, 2.24) is 4.90 Å². The number of nitrogens with two attached hydrogens (primary N) is 1. The van der Waals surface area contributed by atoms with Crippen LogP contribution in [-0.2, 0) is 4.79 Å². The summed E-state index contributed by atoms with van der Waals surface area (Å²) in [4.78, 5) is 13.1. The van der Waals surface area contributed by atoms with E-state index in [1.165, 1.54) is 4.90 Å². The smallest absolute Gasteiger partial charge is 0.222 e. The summed E-state index contributed by atoms with van der Waals surface area (Å²) >= 11 is 0. The number of carbonyl (C=O) groups is 1. The molecule has 4 N–H and O–H groups in total. The summed E-state index contributed by atoms with van der Waals surface area (Å²) in [5.74, 6) is -0.00810. The lowest BCUT2D eigenvalue weighted by atomic mass is 10.1. The van der Waals surface area contributed by atoms with Crippen molar-refractivity contribution >= 4 is 5.91 Å². The van der Waals surface area contributed by atoms with Crippen LogP contribution in [0.3, 0.4) is 0 Å². The maximum Gasteiger partial charge on any atom is 0.222 e. The fraction of sp³-hybridized carbons (Fsp3) is 0.900. The highest BCUT2D eigenvalue weighted by Crippen LogP contribution is 2.12. The fourth-order valence-corrected chi connectivity index (χ4v) is 1.71. The predicted octanol–water partition coefficient (Wildman–Crippen LogP) is -0.932. The van der Waals surface area contributed by atoms with E-state index in [1.54, 1.807) is 0 Å². The summed E-state index contributed by atoms with van der Waals surface area (Å²) < 4.78 is 0. The molecule has 0 aromatic carbocycles. The molecule has 0 spiro atoms. The van der Waals surface area contributed by atoms with Gasteiger partial charge in [-0.05, 0) is 19.8 Å². The van der Waals surface area contributed by atoms with E-state index in [9.17, 15) is 15.0 Å². The van der Waals surface area contributed by atoms with Crippen molar-refractivity contribution in [2.45, 2.75) is 44.4 Å². The number of hydrogen-bond acceptors (Lipinski definition) is 4. The molecule has 1 aliphatic rings. The summed E-state index contributed by atoms with van der Waals surface area (Å²) in [6.45, 7) is 2.41.